The number of fused-ring (bicyclic) bond motifs is 2. The highest BCUT2D eigenvalue weighted by Gasteiger charge is 2.66. The van der Waals surface area contributed by atoms with Crippen LogP contribution in [-0.4, -0.2) is 174 Å². The van der Waals surface area contributed by atoms with Gasteiger partial charge in [-0.1, -0.05) is 81.9 Å². The highest BCUT2D eigenvalue weighted by molar-refractivity contribution is 7.22. The number of rotatable bonds is 35. The van der Waals surface area contributed by atoms with Crippen molar-refractivity contribution in [1.29, 1.82) is 0 Å². The van der Waals surface area contributed by atoms with E-state index in [1.54, 1.807) is 35.4 Å². The quantitative estimate of drug-likeness (QED) is 0.0144. The SMILES string of the molecule is Cc1c(-c2ccc(N3CCc4cccc(C(=O)Nc5nc6ccccc6s5)c4C3)nc2C(=O)O)cnn1CC12CC3(C)CC(C)(C1)CC(OCCN(CCCC(=O)O)C1CCN(C(=O)OCc4ccc(NC(=O)[C@H](CCCNC(N)=O)CC(=O)[C@@H](NC(=O)CCCCCN5C(=O)C=CC5=O)C(C)C)cc4)CC1)(C3)C2. The molecule has 28 heteroatoms. The van der Waals surface area contributed by atoms with Gasteiger partial charge < -0.3 is 51.2 Å². The van der Waals surface area contributed by atoms with Gasteiger partial charge in [0.2, 0.25) is 11.8 Å². The second-order valence-electron chi connectivity index (χ2n) is 32.0. The largest absolute Gasteiger partial charge is 0.481 e. The smallest absolute Gasteiger partial charge is 0.410 e. The highest BCUT2D eigenvalue weighted by atomic mass is 32.1. The van der Waals surface area contributed by atoms with Crippen molar-refractivity contribution in [3.8, 4) is 11.1 Å². The maximum atomic E-state index is 13.9. The van der Waals surface area contributed by atoms with E-state index in [0.717, 1.165) is 70.5 Å². The predicted octanol–water partition coefficient (Wildman–Crippen LogP) is 11.1. The van der Waals surface area contributed by atoms with Gasteiger partial charge in [-0.15, -0.1) is 0 Å². The minimum absolute atomic E-state index is 0.0151. The number of urea groups is 1. The molecule has 13 rings (SSSR count). The number of hydrogen-bond acceptors (Lipinski definition) is 18. The van der Waals surface area contributed by atoms with Crippen LogP contribution in [-0.2, 0) is 64.4 Å². The lowest BCUT2D eigenvalue weighted by atomic mass is 9.39. The second kappa shape index (κ2) is 33.9. The van der Waals surface area contributed by atoms with E-state index in [1.807, 2.05) is 80.3 Å². The molecule has 0 spiro atoms. The maximum absolute atomic E-state index is 13.9. The number of para-hydroxylation sites is 1. The number of primary amides is 1. The van der Waals surface area contributed by atoms with Crippen LogP contribution >= 0.6 is 11.3 Å². The summed E-state index contributed by atoms with van der Waals surface area (Å²) in [5.74, 6) is -4.68. The number of carbonyl (C=O) groups excluding carboxylic acids is 8. The van der Waals surface area contributed by atoms with E-state index in [-0.39, 0.29) is 109 Å². The van der Waals surface area contributed by atoms with Gasteiger partial charge in [0, 0.05) is 124 Å². The molecule has 109 heavy (non-hydrogen) atoms. The molecule has 8 N–H and O–H groups in total. The van der Waals surface area contributed by atoms with Crippen molar-refractivity contribution in [2.75, 3.05) is 68.0 Å². The van der Waals surface area contributed by atoms with Crippen molar-refractivity contribution >= 4 is 97.6 Å². The molecule has 3 aromatic carbocycles. The number of imide groups is 1. The molecule has 1 saturated heterocycles. The number of amides is 8. The van der Waals surface area contributed by atoms with Crippen LogP contribution in [0.3, 0.4) is 0 Å². The summed E-state index contributed by atoms with van der Waals surface area (Å²) in [6, 6.07) is 22.5. The van der Waals surface area contributed by atoms with Crippen LogP contribution in [0.5, 0.6) is 0 Å². The Kier molecular flexibility index (Phi) is 24.5. The van der Waals surface area contributed by atoms with Crippen molar-refractivity contribution in [1.82, 2.24) is 45.1 Å². The molecular formula is C81H101N13O14S. The number of piperidine rings is 1. The van der Waals surface area contributed by atoms with Crippen LogP contribution in [0, 0.1) is 35.0 Å². The number of aromatic carboxylic acids is 1. The van der Waals surface area contributed by atoms with E-state index in [2.05, 4.69) is 49.7 Å². The number of nitrogens with one attached hydrogen (secondary N) is 4. The minimum atomic E-state index is -1.15. The Bertz CT molecular complexity index is 4380. The summed E-state index contributed by atoms with van der Waals surface area (Å²) in [6.45, 7) is 14.9. The molecule has 2 unspecified atom stereocenters. The summed E-state index contributed by atoms with van der Waals surface area (Å²) >= 11 is 1.42. The molecule has 6 heterocycles. The first-order valence-corrected chi connectivity index (χ1v) is 39.1. The number of carboxylic acids is 2. The van der Waals surface area contributed by atoms with Gasteiger partial charge in [0.15, 0.2) is 16.6 Å². The molecule has 4 saturated carbocycles. The van der Waals surface area contributed by atoms with Crippen LogP contribution in [0.1, 0.15) is 180 Å². The number of aliphatic carboxylic acids is 1. The summed E-state index contributed by atoms with van der Waals surface area (Å²) in [5, 5.41) is 37.3. The third-order valence-electron chi connectivity index (χ3n) is 22.8. The minimum Gasteiger partial charge on any atom is -0.481 e. The lowest BCUT2D eigenvalue weighted by Gasteiger charge is -2.69. The van der Waals surface area contributed by atoms with Crippen molar-refractivity contribution in [3.63, 3.8) is 0 Å². The topological polar surface area (TPSA) is 360 Å². The number of likely N-dealkylation sites (tertiary alicyclic amines) is 1. The van der Waals surface area contributed by atoms with E-state index in [9.17, 15) is 58.2 Å². The van der Waals surface area contributed by atoms with Crippen molar-refractivity contribution in [2.45, 2.75) is 188 Å². The van der Waals surface area contributed by atoms with Gasteiger partial charge in [-0.05, 0) is 185 Å². The fraction of sp³-hybridized carbons (Fsp3) is 0.519. The number of nitrogens with zero attached hydrogens (tertiary/aromatic N) is 8. The first-order chi connectivity index (χ1) is 52.1. The Morgan fingerprint density at radius 3 is 2.23 bits per heavy atom. The standard InChI is InChI=1S/C81H101N13O14S/c1-51(2)70(88-66(96)19-7-6-10-34-93-67(97)27-28-68(93)98)63(95)40-55(15-12-32-83-75(82)105)72(101)85-56-23-21-53(22-24-56)43-107-77(106)91-36-30-57(31-37-91)90(33-13-20-69(99)100)38-39-108-81-47-78(4)44-79(5,48-81)46-80(45-78,49-81)50-94-52(3)60(41-84-94)58-25-26-65(87-71(58)74(103)104)92-35-29-54-14-11-16-59(61(54)42-92)73(102)89-76-86-62-17-8-9-18-64(62)109-76/h8-9,11,14,16-18,21-28,41,51,55,57,70H,6-7,10,12-13,15,19-20,29-40,42-50H2,1-5H3,(H,85,101)(H,88,96)(H,99,100)(H,103,104)(H3,82,83,105)(H,86,89,102)/t55-,70+,78?,79?,80?,81?/m1/s1. The van der Waals surface area contributed by atoms with E-state index < -0.39 is 47.5 Å². The molecule has 3 aromatic heterocycles. The lowest BCUT2D eigenvalue weighted by molar-refractivity contribution is -0.249. The fourth-order valence-corrected chi connectivity index (χ4v) is 19.7. The zero-order valence-electron chi connectivity index (χ0n) is 62.9. The number of carboxylic acid groups (broad SMARTS) is 2. The number of benzene rings is 3. The first-order valence-electron chi connectivity index (χ1n) is 38.2. The number of pyridine rings is 1. The molecule has 4 bridgehead atoms. The zero-order valence-corrected chi connectivity index (χ0v) is 63.7. The Balaban J connectivity index is 0.625. The Hall–Kier alpha value is -9.93. The molecular weight excluding hydrogens is 1410 g/mol. The average molecular weight is 1510 g/mol. The van der Waals surface area contributed by atoms with Crippen molar-refractivity contribution in [2.24, 2.45) is 33.8 Å². The summed E-state index contributed by atoms with van der Waals surface area (Å²) in [6.07, 6.45) is 14.1. The molecule has 27 nitrogen and oxygen atoms in total. The van der Waals surface area contributed by atoms with Crippen LogP contribution in [0.15, 0.2) is 97.2 Å². The van der Waals surface area contributed by atoms with Crippen LogP contribution in [0.2, 0.25) is 0 Å². The average Bonchev–Trinajstić information content (AvgIpc) is 1.69. The number of Topliss-reactive ketones (excluding diaryl/α,β-unsaturated/α-hetero) is 1. The molecule has 0 radical (unpaired) electrons. The Morgan fingerprint density at radius 2 is 1.52 bits per heavy atom. The molecule has 6 aromatic rings. The van der Waals surface area contributed by atoms with Crippen LogP contribution < -0.4 is 31.9 Å². The molecule has 4 aliphatic carbocycles. The summed E-state index contributed by atoms with van der Waals surface area (Å²) in [4.78, 5) is 145. The van der Waals surface area contributed by atoms with E-state index in [0.29, 0.717) is 143 Å². The molecule has 7 aliphatic rings. The van der Waals surface area contributed by atoms with Crippen molar-refractivity contribution < 1.29 is 67.6 Å². The van der Waals surface area contributed by atoms with Gasteiger partial charge in [0.1, 0.15) is 12.4 Å². The third kappa shape index (κ3) is 19.2. The highest BCUT2D eigenvalue weighted by Crippen LogP contribution is 2.72. The van der Waals surface area contributed by atoms with Gasteiger partial charge >= 0.3 is 24.1 Å². The maximum Gasteiger partial charge on any atom is 0.410 e. The predicted molar refractivity (Wildman–Crippen MR) is 410 cm³/mol. The number of anilines is 3. The molecule has 8 amide bonds. The number of hydrogen-bond donors (Lipinski definition) is 7. The van der Waals surface area contributed by atoms with E-state index in [1.165, 1.54) is 23.5 Å². The van der Waals surface area contributed by atoms with Gasteiger partial charge in [-0.2, -0.15) is 5.10 Å². The number of nitrogens with two attached hydrogens (primary N) is 1. The molecule has 4 atom stereocenters. The van der Waals surface area contributed by atoms with Gasteiger partial charge in [0.25, 0.3) is 17.7 Å². The normalized spacial score (nSPS) is 21.4. The Morgan fingerprint density at radius 1 is 0.780 bits per heavy atom. The van der Waals surface area contributed by atoms with Crippen LogP contribution in [0.25, 0.3) is 21.3 Å². The number of unbranched alkanes of at least 4 members (excludes halogenated alkanes) is 2. The lowest BCUT2D eigenvalue weighted by Crippen LogP contribution is -2.64. The summed E-state index contributed by atoms with van der Waals surface area (Å²) in [5.41, 5.74) is 11.1. The van der Waals surface area contributed by atoms with Crippen LogP contribution in [0.4, 0.5) is 26.2 Å². The van der Waals surface area contributed by atoms with Gasteiger partial charge in [0.05, 0.1) is 34.7 Å². The summed E-state index contributed by atoms with van der Waals surface area (Å²) in [7, 11) is 0. The molecule has 3 aliphatic heterocycles. The number of thiazole rings is 1. The number of ketones is 1. The van der Waals surface area contributed by atoms with Gasteiger partial charge in [-0.3, -0.25) is 53.4 Å². The Labute approximate surface area is 638 Å². The zero-order chi connectivity index (χ0) is 77.4. The van der Waals surface area contributed by atoms with Crippen molar-refractivity contribution in [3.05, 3.63) is 131 Å². The fourth-order valence-electron chi connectivity index (χ4n) is 18.8. The van der Waals surface area contributed by atoms with Gasteiger partial charge in [-0.25, -0.2) is 24.4 Å². The van der Waals surface area contributed by atoms with E-state index >= 15 is 0 Å². The molecule has 5 fully saturated rings. The number of ether oxygens (including phenoxy) is 2. The molecule has 580 valence electrons. The second-order valence-corrected chi connectivity index (χ2v) is 33.0. The number of aromatic nitrogens is 4. The van der Waals surface area contributed by atoms with E-state index in [4.69, 9.17) is 25.3 Å². The number of carbonyl (C=O) groups is 10. The first kappa shape index (κ1) is 78.6. The summed E-state index contributed by atoms with van der Waals surface area (Å²) < 4.78 is 16.1. The monoisotopic (exact) mass is 1510 g/mol. The third-order valence-corrected chi connectivity index (χ3v) is 23.7.